The lowest BCUT2D eigenvalue weighted by atomic mass is 9.65. The summed E-state index contributed by atoms with van der Waals surface area (Å²) in [4.78, 5) is 4.18. The van der Waals surface area contributed by atoms with E-state index < -0.39 is 17.4 Å². The van der Waals surface area contributed by atoms with Crippen molar-refractivity contribution in [2.24, 2.45) is 5.10 Å². The summed E-state index contributed by atoms with van der Waals surface area (Å²) in [5, 5.41) is 18.6. The molecule has 1 aromatic carbocycles. The molecule has 2 aromatic heterocycles. The summed E-state index contributed by atoms with van der Waals surface area (Å²) in [5.41, 5.74) is 6.15. The number of halogens is 2. The van der Waals surface area contributed by atoms with Gasteiger partial charge in [0.05, 0.1) is 17.1 Å². The summed E-state index contributed by atoms with van der Waals surface area (Å²) in [7, 11) is 1.78. The van der Waals surface area contributed by atoms with Crippen LogP contribution in [0, 0.1) is 12.7 Å². The van der Waals surface area contributed by atoms with Crippen LogP contribution in [0.25, 0.3) is 11.3 Å². The minimum absolute atomic E-state index is 0.234. The van der Waals surface area contributed by atoms with Crippen LogP contribution < -0.4 is 16.1 Å². The van der Waals surface area contributed by atoms with Crippen LogP contribution in [-0.2, 0) is 5.41 Å². The van der Waals surface area contributed by atoms with Gasteiger partial charge in [0.2, 0.25) is 0 Å². The van der Waals surface area contributed by atoms with E-state index in [4.69, 9.17) is 0 Å². The molecule has 1 saturated carbocycles. The van der Waals surface area contributed by atoms with Crippen LogP contribution in [0.4, 0.5) is 20.3 Å². The molecule has 1 aliphatic carbocycles. The third kappa shape index (κ3) is 4.51. The third-order valence-corrected chi connectivity index (χ3v) is 5.66. The Kier molecular flexibility index (Phi) is 6.25. The maximum absolute atomic E-state index is 14.3. The van der Waals surface area contributed by atoms with Crippen molar-refractivity contribution in [2.75, 3.05) is 24.3 Å². The van der Waals surface area contributed by atoms with Gasteiger partial charge in [0.15, 0.2) is 0 Å². The average Bonchev–Trinajstić information content (AvgIpc) is 2.78. The van der Waals surface area contributed by atoms with Gasteiger partial charge in [0, 0.05) is 30.8 Å². The highest BCUT2D eigenvalue weighted by atomic mass is 19.1. The second-order valence-corrected chi connectivity index (χ2v) is 7.97. The number of nitrogens with one attached hydrogen (secondary N) is 3. The molecule has 1 aliphatic rings. The number of rotatable bonds is 8. The van der Waals surface area contributed by atoms with Gasteiger partial charge < -0.3 is 10.6 Å². The molecule has 4 rings (SSSR count). The van der Waals surface area contributed by atoms with Crippen LogP contribution in [0.3, 0.4) is 0 Å². The Morgan fingerprint density at radius 1 is 1.19 bits per heavy atom. The van der Waals surface area contributed by atoms with Gasteiger partial charge >= 0.3 is 0 Å². The molecule has 2 heterocycles. The number of hydrogen-bond acceptors (Lipinski definition) is 6. The number of pyridine rings is 1. The number of benzene rings is 1. The van der Waals surface area contributed by atoms with Gasteiger partial charge in [-0.3, -0.25) is 10.4 Å². The van der Waals surface area contributed by atoms with E-state index in [2.05, 4.69) is 36.3 Å². The molecule has 0 radical (unpaired) electrons. The van der Waals surface area contributed by atoms with Crippen LogP contribution in [0.1, 0.15) is 24.1 Å². The molecule has 0 saturated heterocycles. The fourth-order valence-corrected chi connectivity index (χ4v) is 3.94. The van der Waals surface area contributed by atoms with Crippen LogP contribution >= 0.6 is 0 Å². The zero-order chi connectivity index (χ0) is 22.6. The fraction of sp³-hybridized carbons (Fsp3) is 0.304. The first-order valence-corrected chi connectivity index (χ1v) is 10.4. The number of nitrogens with zero attached hydrogens (tertiary/aromatic N) is 4. The molecule has 3 aromatic rings. The normalized spacial score (nSPS) is 20.1. The summed E-state index contributed by atoms with van der Waals surface area (Å²) in [6.07, 6.45) is 2.62. The SMILES string of the molecule is CN/C=N/Nc1ccc(-c2ccc(NC[C@]3(c4ncccc4F)C[C@H](F)C3)nn2)cc1C. The van der Waals surface area contributed by atoms with Gasteiger partial charge in [-0.1, -0.05) is 6.07 Å². The average molecular weight is 437 g/mol. The second-order valence-electron chi connectivity index (χ2n) is 7.97. The van der Waals surface area contributed by atoms with E-state index in [-0.39, 0.29) is 12.8 Å². The number of alkyl halides is 1. The Hall–Kier alpha value is -3.62. The monoisotopic (exact) mass is 437 g/mol. The predicted molar refractivity (Wildman–Crippen MR) is 122 cm³/mol. The third-order valence-electron chi connectivity index (χ3n) is 5.66. The van der Waals surface area contributed by atoms with E-state index in [9.17, 15) is 8.78 Å². The maximum Gasteiger partial charge on any atom is 0.148 e. The van der Waals surface area contributed by atoms with Crippen LogP contribution in [0.15, 0.2) is 53.8 Å². The van der Waals surface area contributed by atoms with Gasteiger partial charge in [-0.2, -0.15) is 5.10 Å². The summed E-state index contributed by atoms with van der Waals surface area (Å²) in [5.74, 6) is 0.135. The lowest BCUT2D eigenvalue weighted by Gasteiger charge is -2.44. The lowest BCUT2D eigenvalue weighted by Crippen LogP contribution is -2.49. The first-order valence-electron chi connectivity index (χ1n) is 10.4. The number of aromatic nitrogens is 3. The van der Waals surface area contributed by atoms with Gasteiger partial charge in [-0.05, 0) is 61.7 Å². The molecule has 3 N–H and O–H groups in total. The van der Waals surface area contributed by atoms with E-state index in [0.29, 0.717) is 18.1 Å². The standard InChI is InChI=1S/C23H25F2N7/c1-15-10-16(5-6-19(15)30-29-14-26-2)20-7-8-21(32-31-20)28-13-23(11-17(24)12-23)22-18(25)4-3-9-27-22/h3-10,14,17,30H,11-13H2,1-2H3,(H,26,29)(H,28,32)/t17-,23-. The Morgan fingerprint density at radius 3 is 2.69 bits per heavy atom. The number of aryl methyl sites for hydroxylation is 1. The van der Waals surface area contributed by atoms with E-state index in [1.165, 1.54) is 18.3 Å². The van der Waals surface area contributed by atoms with Gasteiger partial charge in [0.25, 0.3) is 0 Å². The highest BCUT2D eigenvalue weighted by Crippen LogP contribution is 2.45. The molecule has 0 amide bonds. The van der Waals surface area contributed by atoms with Crippen molar-refractivity contribution in [1.29, 1.82) is 0 Å². The second kappa shape index (κ2) is 9.25. The van der Waals surface area contributed by atoms with Gasteiger partial charge in [-0.25, -0.2) is 8.78 Å². The van der Waals surface area contributed by atoms with E-state index >= 15 is 0 Å². The molecule has 1 fully saturated rings. The van der Waals surface area contributed by atoms with Crippen LogP contribution in [0.5, 0.6) is 0 Å². The zero-order valence-electron chi connectivity index (χ0n) is 17.9. The molecular weight excluding hydrogens is 412 g/mol. The van der Waals surface area contributed by atoms with Crippen molar-refractivity contribution >= 4 is 17.8 Å². The predicted octanol–water partition coefficient (Wildman–Crippen LogP) is 4.04. The first-order chi connectivity index (χ1) is 15.5. The maximum atomic E-state index is 14.3. The largest absolute Gasteiger partial charge is 0.378 e. The van der Waals surface area contributed by atoms with Crippen LogP contribution in [0.2, 0.25) is 0 Å². The quantitative estimate of drug-likeness (QED) is 0.280. The minimum Gasteiger partial charge on any atom is -0.378 e. The Balaban J connectivity index is 1.44. The summed E-state index contributed by atoms with van der Waals surface area (Å²) in [6, 6.07) is 12.5. The molecule has 7 nitrogen and oxygen atoms in total. The van der Waals surface area contributed by atoms with E-state index in [1.54, 1.807) is 13.4 Å². The molecular formula is C23H25F2N7. The van der Waals surface area contributed by atoms with Crippen molar-refractivity contribution < 1.29 is 8.78 Å². The molecule has 0 aliphatic heterocycles. The molecule has 9 heteroatoms. The Bertz CT molecular complexity index is 1100. The molecule has 166 valence electrons. The van der Waals surface area contributed by atoms with E-state index in [0.717, 1.165) is 22.5 Å². The summed E-state index contributed by atoms with van der Waals surface area (Å²) in [6.45, 7) is 2.32. The molecule has 32 heavy (non-hydrogen) atoms. The highest BCUT2D eigenvalue weighted by Gasteiger charge is 2.48. The Labute approximate surface area is 185 Å². The number of hydrazone groups is 1. The van der Waals surface area contributed by atoms with Crippen molar-refractivity contribution in [3.05, 3.63) is 65.7 Å². The summed E-state index contributed by atoms with van der Waals surface area (Å²) < 4.78 is 28.0. The minimum atomic E-state index is -0.948. The summed E-state index contributed by atoms with van der Waals surface area (Å²) >= 11 is 0. The first kappa shape index (κ1) is 21.6. The van der Waals surface area contributed by atoms with E-state index in [1.807, 2.05) is 37.3 Å². The van der Waals surface area contributed by atoms with Gasteiger partial charge in [-0.15, -0.1) is 10.2 Å². The molecule has 0 bridgehead atoms. The zero-order valence-corrected chi connectivity index (χ0v) is 17.9. The van der Waals surface area contributed by atoms with Crippen molar-refractivity contribution in [1.82, 2.24) is 20.5 Å². The number of anilines is 2. The van der Waals surface area contributed by atoms with Crippen molar-refractivity contribution in [3.8, 4) is 11.3 Å². The lowest BCUT2D eigenvalue weighted by molar-refractivity contribution is 0.0964. The molecule has 0 unspecified atom stereocenters. The molecule has 0 spiro atoms. The highest BCUT2D eigenvalue weighted by molar-refractivity contribution is 5.66. The van der Waals surface area contributed by atoms with Crippen LogP contribution in [-0.4, -0.2) is 41.3 Å². The molecule has 0 atom stereocenters. The van der Waals surface area contributed by atoms with Gasteiger partial charge in [0.1, 0.15) is 24.1 Å². The smallest absolute Gasteiger partial charge is 0.148 e. The topological polar surface area (TPSA) is 87.1 Å². The number of hydrogen-bond donors (Lipinski definition) is 3. The van der Waals surface area contributed by atoms with Crippen molar-refractivity contribution in [2.45, 2.75) is 31.4 Å². The Morgan fingerprint density at radius 2 is 2.03 bits per heavy atom. The fourth-order valence-electron chi connectivity index (χ4n) is 3.94. The van der Waals surface area contributed by atoms with Crippen molar-refractivity contribution in [3.63, 3.8) is 0 Å².